The molecular weight excluding hydrogens is 284 g/mol. The molecule has 1 aliphatic heterocycles. The Balaban J connectivity index is 2.21. The van der Waals surface area contributed by atoms with Gasteiger partial charge in [0.25, 0.3) is 0 Å². The zero-order valence-corrected chi connectivity index (χ0v) is 14.8. The molecule has 0 saturated carbocycles. The maximum atomic E-state index is 12.8. The first-order valence-corrected chi connectivity index (χ1v) is 8.20. The van der Waals surface area contributed by atoms with Gasteiger partial charge in [0.1, 0.15) is 11.2 Å². The van der Waals surface area contributed by atoms with Gasteiger partial charge in [0.05, 0.1) is 0 Å². The Bertz CT molecular complexity index is 784. The summed E-state index contributed by atoms with van der Waals surface area (Å²) in [7, 11) is 0. The average molecular weight is 308 g/mol. The van der Waals surface area contributed by atoms with E-state index in [1.807, 2.05) is 13.8 Å². The molecule has 2 nitrogen and oxygen atoms in total. The maximum absolute atomic E-state index is 12.8. The van der Waals surface area contributed by atoms with Crippen LogP contribution >= 0.6 is 0 Å². The third-order valence-electron chi connectivity index (χ3n) is 5.24. The van der Waals surface area contributed by atoms with E-state index in [1.165, 1.54) is 5.56 Å². The van der Waals surface area contributed by atoms with E-state index in [1.54, 1.807) is 0 Å². The first kappa shape index (κ1) is 15.8. The van der Waals surface area contributed by atoms with Crippen molar-refractivity contribution in [3.8, 4) is 5.75 Å². The van der Waals surface area contributed by atoms with Crippen molar-refractivity contribution in [1.29, 1.82) is 0 Å². The molecule has 1 heterocycles. The topological polar surface area (TPSA) is 26.3 Å². The van der Waals surface area contributed by atoms with Gasteiger partial charge in [-0.2, -0.15) is 0 Å². The summed E-state index contributed by atoms with van der Waals surface area (Å²) < 4.78 is 5.71. The van der Waals surface area contributed by atoms with Crippen LogP contribution in [0.15, 0.2) is 30.3 Å². The Morgan fingerprint density at radius 3 is 2.17 bits per heavy atom. The predicted octanol–water partition coefficient (Wildman–Crippen LogP) is 4.96. The molecule has 1 aliphatic rings. The number of carbonyl (C=O) groups is 1. The summed E-state index contributed by atoms with van der Waals surface area (Å²) >= 11 is 0. The molecule has 1 atom stereocenters. The summed E-state index contributed by atoms with van der Waals surface area (Å²) in [6.07, 6.45) is 0. The number of esters is 1. The van der Waals surface area contributed by atoms with Gasteiger partial charge in [-0.25, -0.2) is 0 Å². The smallest absolute Gasteiger partial charge is 0.326 e. The van der Waals surface area contributed by atoms with E-state index in [-0.39, 0.29) is 5.97 Å². The molecule has 0 radical (unpaired) electrons. The van der Waals surface area contributed by atoms with Gasteiger partial charge in [0, 0.05) is 5.56 Å². The zero-order valence-electron chi connectivity index (χ0n) is 14.8. The molecule has 0 aromatic heterocycles. The molecule has 0 N–H and O–H groups in total. The van der Waals surface area contributed by atoms with Crippen molar-refractivity contribution in [2.45, 2.75) is 52.9 Å². The van der Waals surface area contributed by atoms with Crippen LogP contribution in [0.2, 0.25) is 0 Å². The van der Waals surface area contributed by atoms with Gasteiger partial charge < -0.3 is 4.74 Å². The van der Waals surface area contributed by atoms with Crippen molar-refractivity contribution in [3.05, 3.63) is 63.7 Å². The van der Waals surface area contributed by atoms with Gasteiger partial charge in [-0.15, -0.1) is 0 Å². The van der Waals surface area contributed by atoms with Gasteiger partial charge in [0.2, 0.25) is 0 Å². The van der Waals surface area contributed by atoms with Crippen LogP contribution in [-0.4, -0.2) is 5.97 Å². The SMILES string of the molecule is Cc1cc(C)c2c(c1C)OC(=O)C2(C)c1ccc(C(C)C)cc1. The van der Waals surface area contributed by atoms with Crippen molar-refractivity contribution >= 4 is 5.97 Å². The molecule has 120 valence electrons. The van der Waals surface area contributed by atoms with E-state index < -0.39 is 5.41 Å². The van der Waals surface area contributed by atoms with E-state index in [4.69, 9.17) is 4.74 Å². The summed E-state index contributed by atoms with van der Waals surface area (Å²) in [5.74, 6) is 1.05. The van der Waals surface area contributed by atoms with Gasteiger partial charge in [0.15, 0.2) is 0 Å². The number of ether oxygens (including phenoxy) is 1. The number of carbonyl (C=O) groups excluding carboxylic acids is 1. The normalized spacial score (nSPS) is 19.9. The number of rotatable bonds is 2. The lowest BCUT2D eigenvalue weighted by Gasteiger charge is -2.24. The molecule has 0 saturated heterocycles. The standard InChI is InChI=1S/C21H24O2/c1-12(2)16-7-9-17(10-8-16)21(6)18-14(4)11-13(3)15(5)19(18)23-20(21)22/h7-12H,1-6H3. The summed E-state index contributed by atoms with van der Waals surface area (Å²) in [5.41, 5.74) is 5.90. The highest BCUT2D eigenvalue weighted by Gasteiger charge is 2.48. The molecule has 3 rings (SSSR count). The van der Waals surface area contributed by atoms with Crippen LogP contribution in [0.5, 0.6) is 5.75 Å². The van der Waals surface area contributed by atoms with Crippen LogP contribution in [0.25, 0.3) is 0 Å². The molecule has 1 unspecified atom stereocenters. The molecule has 0 aliphatic carbocycles. The summed E-state index contributed by atoms with van der Waals surface area (Å²) in [4.78, 5) is 12.8. The summed E-state index contributed by atoms with van der Waals surface area (Å²) in [6, 6.07) is 10.5. The maximum Gasteiger partial charge on any atom is 0.326 e. The highest BCUT2D eigenvalue weighted by molar-refractivity contribution is 5.95. The van der Waals surface area contributed by atoms with Crippen molar-refractivity contribution in [2.75, 3.05) is 0 Å². The highest BCUT2D eigenvalue weighted by Crippen LogP contribution is 2.48. The highest BCUT2D eigenvalue weighted by atomic mass is 16.5. The molecule has 2 aromatic rings. The second-order valence-electron chi connectivity index (χ2n) is 7.13. The fraction of sp³-hybridized carbons (Fsp3) is 0.381. The van der Waals surface area contributed by atoms with E-state index in [0.717, 1.165) is 33.6 Å². The molecule has 0 fully saturated rings. The quantitative estimate of drug-likeness (QED) is 0.579. The molecule has 2 heteroatoms. The lowest BCUT2D eigenvalue weighted by molar-refractivity contribution is -0.136. The van der Waals surface area contributed by atoms with Crippen molar-refractivity contribution < 1.29 is 9.53 Å². The number of hydrogen-bond acceptors (Lipinski definition) is 2. The first-order valence-electron chi connectivity index (χ1n) is 8.20. The number of aryl methyl sites for hydroxylation is 2. The van der Waals surface area contributed by atoms with Crippen molar-refractivity contribution in [2.24, 2.45) is 0 Å². The van der Waals surface area contributed by atoms with Crippen molar-refractivity contribution in [3.63, 3.8) is 0 Å². The summed E-state index contributed by atoms with van der Waals surface area (Å²) in [5, 5.41) is 0. The Hall–Kier alpha value is -2.09. The van der Waals surface area contributed by atoms with Crippen LogP contribution < -0.4 is 4.74 Å². The summed E-state index contributed by atoms with van der Waals surface area (Å²) in [6.45, 7) is 12.5. The number of fused-ring (bicyclic) bond motifs is 1. The molecule has 23 heavy (non-hydrogen) atoms. The lowest BCUT2D eigenvalue weighted by Crippen LogP contribution is -2.32. The average Bonchev–Trinajstić information content (AvgIpc) is 2.78. The minimum atomic E-state index is -0.729. The fourth-order valence-corrected chi connectivity index (χ4v) is 3.56. The Kier molecular flexibility index (Phi) is 3.59. The van der Waals surface area contributed by atoms with Gasteiger partial charge in [-0.1, -0.05) is 44.2 Å². The van der Waals surface area contributed by atoms with Gasteiger partial charge >= 0.3 is 5.97 Å². The van der Waals surface area contributed by atoms with Gasteiger partial charge in [-0.05, 0) is 61.4 Å². The molecule has 0 bridgehead atoms. The zero-order chi connectivity index (χ0) is 16.9. The molecular formula is C21H24O2. The second-order valence-corrected chi connectivity index (χ2v) is 7.13. The van der Waals surface area contributed by atoms with Gasteiger partial charge in [-0.3, -0.25) is 4.79 Å². The monoisotopic (exact) mass is 308 g/mol. The predicted molar refractivity (Wildman–Crippen MR) is 93.3 cm³/mol. The van der Waals surface area contributed by atoms with Crippen molar-refractivity contribution in [1.82, 2.24) is 0 Å². The van der Waals surface area contributed by atoms with E-state index in [9.17, 15) is 4.79 Å². The van der Waals surface area contributed by atoms with E-state index in [2.05, 4.69) is 58.0 Å². The minimum Gasteiger partial charge on any atom is -0.425 e. The Morgan fingerprint density at radius 1 is 1.00 bits per heavy atom. The van der Waals surface area contributed by atoms with E-state index >= 15 is 0 Å². The van der Waals surface area contributed by atoms with Crippen LogP contribution in [0.1, 0.15) is 60.1 Å². The molecule has 2 aromatic carbocycles. The Labute approximate surface area is 138 Å². The molecule has 0 spiro atoms. The largest absolute Gasteiger partial charge is 0.425 e. The fourth-order valence-electron chi connectivity index (χ4n) is 3.56. The number of hydrogen-bond donors (Lipinski definition) is 0. The Morgan fingerprint density at radius 2 is 1.61 bits per heavy atom. The third kappa shape index (κ3) is 2.20. The number of benzene rings is 2. The van der Waals surface area contributed by atoms with Crippen LogP contribution in [0, 0.1) is 20.8 Å². The van der Waals surface area contributed by atoms with E-state index in [0.29, 0.717) is 5.92 Å². The second kappa shape index (κ2) is 5.23. The minimum absolute atomic E-state index is 0.179. The first-order chi connectivity index (χ1) is 10.8. The molecule has 0 amide bonds. The van der Waals surface area contributed by atoms with Crippen LogP contribution in [0.3, 0.4) is 0 Å². The van der Waals surface area contributed by atoms with Crippen LogP contribution in [-0.2, 0) is 10.2 Å². The lowest BCUT2D eigenvalue weighted by atomic mass is 9.74. The third-order valence-corrected chi connectivity index (χ3v) is 5.24. The van der Waals surface area contributed by atoms with Crippen LogP contribution in [0.4, 0.5) is 0 Å².